The van der Waals surface area contributed by atoms with E-state index in [0.717, 1.165) is 10.8 Å². The topological polar surface area (TPSA) is 131 Å². The molecule has 0 bridgehead atoms. The Kier molecular flexibility index (Phi) is 5.76. The van der Waals surface area contributed by atoms with Crippen molar-refractivity contribution >= 4 is 49.8 Å². The van der Waals surface area contributed by atoms with Gasteiger partial charge in [0.2, 0.25) is 10.1 Å². The number of carboxylic acid groups (broad SMARTS) is 1. The minimum atomic E-state index is -1.03. The van der Waals surface area contributed by atoms with E-state index in [1.54, 1.807) is 16.6 Å². The Morgan fingerprint density at radius 2 is 2.12 bits per heavy atom. The molecule has 3 N–H and O–H groups in total. The van der Waals surface area contributed by atoms with E-state index in [9.17, 15) is 14.4 Å². The molecule has 1 saturated heterocycles. The number of benzene rings is 1. The Morgan fingerprint density at radius 3 is 2.82 bits per heavy atom. The van der Waals surface area contributed by atoms with Crippen LogP contribution in [0.3, 0.4) is 0 Å². The normalized spacial score (nSPS) is 15.6. The summed E-state index contributed by atoms with van der Waals surface area (Å²) in [6.45, 7) is 3.24. The first-order chi connectivity index (χ1) is 16.4. The average molecular weight is 499 g/mol. The number of hydrogen-bond donors (Lipinski definition) is 3. The second-order valence-corrected chi connectivity index (χ2v) is 9.59. The molecule has 1 amide bonds. The number of imidazole rings is 1. The van der Waals surface area contributed by atoms with E-state index in [1.165, 1.54) is 34.8 Å². The zero-order valence-corrected chi connectivity index (χ0v) is 19.6. The molecule has 5 rings (SSSR count). The third-order valence-electron chi connectivity index (χ3n) is 5.46. The van der Waals surface area contributed by atoms with Crippen LogP contribution in [-0.2, 0) is 6.42 Å². The molecule has 1 unspecified atom stereocenters. The first-order valence-corrected chi connectivity index (χ1v) is 12.1. The van der Waals surface area contributed by atoms with Gasteiger partial charge in [0.25, 0.3) is 0 Å². The number of nitriles is 1. The van der Waals surface area contributed by atoms with Crippen molar-refractivity contribution in [2.45, 2.75) is 25.8 Å². The summed E-state index contributed by atoms with van der Waals surface area (Å²) in [7, 11) is 0. The number of rotatable bonds is 6. The fourth-order valence-electron chi connectivity index (χ4n) is 3.86. The van der Waals surface area contributed by atoms with E-state index in [1.807, 2.05) is 11.8 Å². The summed E-state index contributed by atoms with van der Waals surface area (Å²) in [6, 6.07) is 7.90. The molecule has 34 heavy (non-hydrogen) atoms. The van der Waals surface area contributed by atoms with Crippen molar-refractivity contribution in [3.8, 4) is 17.3 Å². The number of anilines is 3. The molecule has 174 valence electrons. The fourth-order valence-corrected chi connectivity index (χ4v) is 5.60. The molecule has 0 radical (unpaired) electrons. The Balaban J connectivity index is 1.44. The highest BCUT2D eigenvalue weighted by Gasteiger charge is 2.27. The highest BCUT2D eigenvalue weighted by Crippen LogP contribution is 2.35. The molecule has 1 atom stereocenters. The van der Waals surface area contributed by atoms with Gasteiger partial charge in [0, 0.05) is 18.7 Å². The van der Waals surface area contributed by atoms with Crippen LogP contribution in [0.5, 0.6) is 0 Å². The first-order valence-electron chi connectivity index (χ1n) is 10.5. The largest absolute Gasteiger partial charge is 0.465 e. The van der Waals surface area contributed by atoms with Crippen LogP contribution in [0.4, 0.5) is 25.3 Å². The Labute approximate surface area is 201 Å². The minimum absolute atomic E-state index is 0.137. The van der Waals surface area contributed by atoms with Crippen LogP contribution in [0, 0.1) is 17.1 Å². The third kappa shape index (κ3) is 4.13. The van der Waals surface area contributed by atoms with E-state index in [-0.39, 0.29) is 11.9 Å². The van der Waals surface area contributed by atoms with Gasteiger partial charge in [-0.3, -0.25) is 0 Å². The summed E-state index contributed by atoms with van der Waals surface area (Å²) >= 11 is 2.64. The smallest absolute Gasteiger partial charge is 0.404 e. The second kappa shape index (κ2) is 8.88. The van der Waals surface area contributed by atoms with Gasteiger partial charge in [-0.1, -0.05) is 29.6 Å². The monoisotopic (exact) mass is 498 g/mol. The molecule has 10 nitrogen and oxygen atoms in total. The standard InChI is InChI=1S/C21H19FN8O2S2/c1-2-14-17(27-18-26-16(15(9-23)33-18)11-3-5-12(22)6-4-11)30-19(25-14)34-20(28-30)29-8-7-13(10-29)24-21(31)32/h3-6,13,24H,2,7-8,10H2,1H3,(H,26,27)(H,31,32). The lowest BCUT2D eigenvalue weighted by atomic mass is 10.1. The van der Waals surface area contributed by atoms with Crippen molar-refractivity contribution in [3.05, 3.63) is 40.7 Å². The SMILES string of the molecule is CCc1nc2sc(N3CCC(NC(=O)O)C3)nn2c1Nc1nc(-c2ccc(F)cc2)c(C#N)s1. The molecule has 13 heteroatoms. The quantitative estimate of drug-likeness (QED) is 0.362. The molecule has 1 aliphatic rings. The maximum Gasteiger partial charge on any atom is 0.404 e. The lowest BCUT2D eigenvalue weighted by molar-refractivity contribution is 0.191. The van der Waals surface area contributed by atoms with Crippen molar-refractivity contribution < 1.29 is 14.3 Å². The van der Waals surface area contributed by atoms with Crippen molar-refractivity contribution in [3.63, 3.8) is 0 Å². The van der Waals surface area contributed by atoms with Crippen molar-refractivity contribution in [1.29, 1.82) is 5.26 Å². The maximum absolute atomic E-state index is 13.3. The maximum atomic E-state index is 13.3. The average Bonchev–Trinajstić information content (AvgIpc) is 3.58. The highest BCUT2D eigenvalue weighted by molar-refractivity contribution is 7.20. The van der Waals surface area contributed by atoms with Crippen molar-refractivity contribution in [2.24, 2.45) is 0 Å². The summed E-state index contributed by atoms with van der Waals surface area (Å²) in [6.07, 6.45) is 0.352. The van der Waals surface area contributed by atoms with E-state index >= 15 is 0 Å². The molecular weight excluding hydrogens is 479 g/mol. The van der Waals surface area contributed by atoms with Gasteiger partial charge in [0.1, 0.15) is 22.5 Å². The van der Waals surface area contributed by atoms with E-state index in [4.69, 9.17) is 15.2 Å². The molecule has 0 spiro atoms. The number of aromatic nitrogens is 4. The molecule has 3 aromatic heterocycles. The van der Waals surface area contributed by atoms with Crippen LogP contribution in [0.2, 0.25) is 0 Å². The Bertz CT molecular complexity index is 1400. The van der Waals surface area contributed by atoms with E-state index in [0.29, 0.717) is 58.0 Å². The molecule has 1 aliphatic heterocycles. The van der Waals surface area contributed by atoms with Crippen LogP contribution in [0.25, 0.3) is 16.2 Å². The first kappa shape index (κ1) is 22.1. The summed E-state index contributed by atoms with van der Waals surface area (Å²) in [5.41, 5.74) is 1.96. The Hall–Kier alpha value is -3.76. The van der Waals surface area contributed by atoms with Crippen LogP contribution in [0.15, 0.2) is 24.3 Å². The van der Waals surface area contributed by atoms with Gasteiger partial charge in [-0.2, -0.15) is 9.78 Å². The highest BCUT2D eigenvalue weighted by atomic mass is 32.1. The van der Waals surface area contributed by atoms with Gasteiger partial charge in [-0.05, 0) is 37.1 Å². The van der Waals surface area contributed by atoms with Crippen molar-refractivity contribution in [2.75, 3.05) is 23.3 Å². The Morgan fingerprint density at radius 1 is 1.32 bits per heavy atom. The number of amides is 1. The minimum Gasteiger partial charge on any atom is -0.465 e. The third-order valence-corrected chi connectivity index (χ3v) is 7.30. The predicted octanol–water partition coefficient (Wildman–Crippen LogP) is 4.08. The lowest BCUT2D eigenvalue weighted by Crippen LogP contribution is -2.36. The van der Waals surface area contributed by atoms with Crippen LogP contribution in [0.1, 0.15) is 23.9 Å². The number of nitrogens with one attached hydrogen (secondary N) is 2. The van der Waals surface area contributed by atoms with Gasteiger partial charge in [0.15, 0.2) is 10.9 Å². The van der Waals surface area contributed by atoms with Gasteiger partial charge < -0.3 is 20.6 Å². The molecule has 1 fully saturated rings. The number of hydrogen-bond acceptors (Lipinski definition) is 9. The number of thiazole rings is 1. The van der Waals surface area contributed by atoms with Crippen LogP contribution < -0.4 is 15.5 Å². The zero-order valence-electron chi connectivity index (χ0n) is 17.9. The number of fused-ring (bicyclic) bond motifs is 1. The fraction of sp³-hybridized carbons (Fsp3) is 0.286. The number of aryl methyl sites for hydroxylation is 1. The van der Waals surface area contributed by atoms with Gasteiger partial charge in [-0.15, -0.1) is 5.10 Å². The lowest BCUT2D eigenvalue weighted by Gasteiger charge is -2.14. The molecule has 1 aromatic carbocycles. The summed E-state index contributed by atoms with van der Waals surface area (Å²) < 4.78 is 15.0. The zero-order chi connectivity index (χ0) is 23.8. The van der Waals surface area contributed by atoms with Gasteiger partial charge >= 0.3 is 6.09 Å². The van der Waals surface area contributed by atoms with Crippen LogP contribution >= 0.6 is 22.7 Å². The molecule has 0 saturated carbocycles. The summed E-state index contributed by atoms with van der Waals surface area (Å²) in [4.78, 5) is 23.4. The predicted molar refractivity (Wildman–Crippen MR) is 128 cm³/mol. The molecule has 0 aliphatic carbocycles. The second-order valence-electron chi connectivity index (χ2n) is 7.66. The number of carbonyl (C=O) groups is 1. The molecular formula is C21H19FN8O2S2. The molecule has 4 aromatic rings. The summed E-state index contributed by atoms with van der Waals surface area (Å²) in [5.74, 6) is 0.316. The van der Waals surface area contributed by atoms with Crippen molar-refractivity contribution in [1.82, 2.24) is 24.9 Å². The van der Waals surface area contributed by atoms with Gasteiger partial charge in [-0.25, -0.2) is 19.2 Å². The van der Waals surface area contributed by atoms with E-state index in [2.05, 4.69) is 21.7 Å². The van der Waals surface area contributed by atoms with Crippen LogP contribution in [-0.4, -0.2) is 49.9 Å². The van der Waals surface area contributed by atoms with Gasteiger partial charge in [0.05, 0.1) is 11.7 Å². The molecule has 4 heterocycles. The number of halogens is 1. The summed E-state index contributed by atoms with van der Waals surface area (Å²) in [5, 5.41) is 30.3. The van der Waals surface area contributed by atoms with E-state index < -0.39 is 6.09 Å². The number of nitrogens with zero attached hydrogens (tertiary/aromatic N) is 6.